The Morgan fingerprint density at radius 3 is 2.71 bits per heavy atom. The lowest BCUT2D eigenvalue weighted by atomic mass is 10.2. The summed E-state index contributed by atoms with van der Waals surface area (Å²) in [6, 6.07) is 6.11. The van der Waals surface area contributed by atoms with Crippen molar-refractivity contribution in [3.63, 3.8) is 0 Å². The third-order valence-corrected chi connectivity index (χ3v) is 2.27. The Kier molecular flexibility index (Phi) is 3.77. The van der Waals surface area contributed by atoms with Crippen molar-refractivity contribution in [1.29, 1.82) is 0 Å². The molecule has 78 valence electrons. The van der Waals surface area contributed by atoms with Crippen LogP contribution in [-0.2, 0) is 0 Å². The van der Waals surface area contributed by atoms with E-state index in [1.165, 1.54) is 0 Å². The Morgan fingerprint density at radius 2 is 2.14 bits per heavy atom. The molecule has 0 aliphatic heterocycles. The van der Waals surface area contributed by atoms with Crippen molar-refractivity contribution in [3.8, 4) is 5.75 Å². The molecule has 0 aromatic heterocycles. The molecule has 0 radical (unpaired) electrons. The van der Waals surface area contributed by atoms with E-state index in [0.717, 1.165) is 23.5 Å². The van der Waals surface area contributed by atoms with Crippen LogP contribution in [0.3, 0.4) is 0 Å². The first-order chi connectivity index (χ1) is 6.70. The first-order valence-corrected chi connectivity index (χ1v) is 4.75. The highest BCUT2D eigenvalue weighted by molar-refractivity contribution is 5.61. The molecule has 3 nitrogen and oxygen atoms in total. The van der Waals surface area contributed by atoms with Crippen LogP contribution in [-0.4, -0.2) is 27.2 Å². The van der Waals surface area contributed by atoms with Crippen LogP contribution in [0, 0.1) is 6.92 Å². The Hall–Kier alpha value is -1.22. The molecule has 0 bridgehead atoms. The van der Waals surface area contributed by atoms with Gasteiger partial charge in [-0.05, 0) is 18.6 Å². The van der Waals surface area contributed by atoms with E-state index in [-0.39, 0.29) is 0 Å². The van der Waals surface area contributed by atoms with Gasteiger partial charge in [-0.1, -0.05) is 12.1 Å². The SMILES string of the molecule is COc1c(C)cccc1N(C)CCN. The smallest absolute Gasteiger partial charge is 0.145 e. The lowest BCUT2D eigenvalue weighted by Crippen LogP contribution is -2.25. The van der Waals surface area contributed by atoms with Gasteiger partial charge in [0.25, 0.3) is 0 Å². The second-order valence-corrected chi connectivity index (χ2v) is 3.34. The van der Waals surface area contributed by atoms with Gasteiger partial charge in [0.2, 0.25) is 0 Å². The summed E-state index contributed by atoms with van der Waals surface area (Å²) in [5, 5.41) is 0. The summed E-state index contributed by atoms with van der Waals surface area (Å²) in [5.74, 6) is 0.934. The highest BCUT2D eigenvalue weighted by Crippen LogP contribution is 2.30. The maximum absolute atomic E-state index is 5.51. The molecule has 0 saturated carbocycles. The van der Waals surface area contributed by atoms with Crippen molar-refractivity contribution in [2.45, 2.75) is 6.92 Å². The number of hydrogen-bond acceptors (Lipinski definition) is 3. The zero-order valence-corrected chi connectivity index (χ0v) is 9.08. The first kappa shape index (κ1) is 10.9. The molecule has 2 N–H and O–H groups in total. The highest BCUT2D eigenvalue weighted by Gasteiger charge is 2.08. The number of benzene rings is 1. The van der Waals surface area contributed by atoms with Gasteiger partial charge in [0.15, 0.2) is 0 Å². The van der Waals surface area contributed by atoms with Gasteiger partial charge in [0, 0.05) is 20.1 Å². The number of aryl methyl sites for hydroxylation is 1. The molecule has 14 heavy (non-hydrogen) atoms. The molecule has 3 heteroatoms. The van der Waals surface area contributed by atoms with Crippen LogP contribution in [0.1, 0.15) is 5.56 Å². The number of methoxy groups -OCH3 is 1. The minimum absolute atomic E-state index is 0.646. The topological polar surface area (TPSA) is 38.5 Å². The predicted molar refractivity (Wildman–Crippen MR) is 60.1 cm³/mol. The fourth-order valence-corrected chi connectivity index (χ4v) is 1.52. The van der Waals surface area contributed by atoms with Crippen molar-refractivity contribution >= 4 is 5.69 Å². The average molecular weight is 194 g/mol. The standard InChI is InChI=1S/C11H18N2O/c1-9-5-4-6-10(11(9)14-3)13(2)8-7-12/h4-6H,7-8,12H2,1-3H3. The number of ether oxygens (including phenoxy) is 1. The van der Waals surface area contributed by atoms with E-state index < -0.39 is 0 Å². The largest absolute Gasteiger partial charge is 0.494 e. The number of para-hydroxylation sites is 1. The zero-order chi connectivity index (χ0) is 10.6. The van der Waals surface area contributed by atoms with E-state index in [1.54, 1.807) is 7.11 Å². The van der Waals surface area contributed by atoms with Crippen molar-refractivity contribution < 1.29 is 4.74 Å². The maximum Gasteiger partial charge on any atom is 0.145 e. The molecule has 0 fully saturated rings. The summed E-state index contributed by atoms with van der Waals surface area (Å²) in [6.07, 6.45) is 0. The van der Waals surface area contributed by atoms with Crippen molar-refractivity contribution in [2.24, 2.45) is 5.73 Å². The van der Waals surface area contributed by atoms with Gasteiger partial charge in [-0.2, -0.15) is 0 Å². The van der Waals surface area contributed by atoms with Gasteiger partial charge < -0.3 is 15.4 Å². The van der Waals surface area contributed by atoms with E-state index in [2.05, 4.69) is 4.90 Å². The Labute approximate surface area is 85.5 Å². The van der Waals surface area contributed by atoms with Crippen LogP contribution >= 0.6 is 0 Å². The summed E-state index contributed by atoms with van der Waals surface area (Å²) in [4.78, 5) is 2.10. The van der Waals surface area contributed by atoms with Gasteiger partial charge in [0.1, 0.15) is 5.75 Å². The van der Waals surface area contributed by atoms with E-state index >= 15 is 0 Å². The van der Waals surface area contributed by atoms with E-state index in [9.17, 15) is 0 Å². The van der Waals surface area contributed by atoms with Crippen molar-refractivity contribution in [3.05, 3.63) is 23.8 Å². The first-order valence-electron chi connectivity index (χ1n) is 4.75. The molecule has 0 atom stereocenters. The normalized spacial score (nSPS) is 10.0. The van der Waals surface area contributed by atoms with Crippen LogP contribution in [0.5, 0.6) is 5.75 Å². The third-order valence-electron chi connectivity index (χ3n) is 2.27. The number of likely N-dealkylation sites (N-methyl/N-ethyl adjacent to an activating group) is 1. The molecule has 0 unspecified atom stereocenters. The second kappa shape index (κ2) is 4.86. The minimum atomic E-state index is 0.646. The van der Waals surface area contributed by atoms with Crippen LogP contribution < -0.4 is 15.4 Å². The number of nitrogens with zero attached hydrogens (tertiary/aromatic N) is 1. The summed E-state index contributed by atoms with van der Waals surface area (Å²) in [5.41, 5.74) is 7.76. The molecule has 1 aromatic rings. The second-order valence-electron chi connectivity index (χ2n) is 3.34. The lowest BCUT2D eigenvalue weighted by molar-refractivity contribution is 0.412. The lowest BCUT2D eigenvalue weighted by Gasteiger charge is -2.21. The number of rotatable bonds is 4. The summed E-state index contributed by atoms with van der Waals surface area (Å²) < 4.78 is 5.36. The zero-order valence-electron chi connectivity index (χ0n) is 9.08. The Morgan fingerprint density at radius 1 is 1.43 bits per heavy atom. The monoisotopic (exact) mass is 194 g/mol. The van der Waals surface area contributed by atoms with E-state index in [1.807, 2.05) is 32.2 Å². The fraction of sp³-hybridized carbons (Fsp3) is 0.455. The van der Waals surface area contributed by atoms with Crippen LogP contribution in [0.25, 0.3) is 0 Å². The average Bonchev–Trinajstić information content (AvgIpc) is 2.17. The van der Waals surface area contributed by atoms with E-state index in [0.29, 0.717) is 6.54 Å². The number of hydrogen-bond donors (Lipinski definition) is 1. The molecule has 0 aliphatic carbocycles. The highest BCUT2D eigenvalue weighted by atomic mass is 16.5. The predicted octanol–water partition coefficient (Wildman–Crippen LogP) is 1.40. The molecular formula is C11H18N2O. The maximum atomic E-state index is 5.51. The van der Waals surface area contributed by atoms with Gasteiger partial charge in [0.05, 0.1) is 12.8 Å². The van der Waals surface area contributed by atoms with Gasteiger partial charge >= 0.3 is 0 Å². The van der Waals surface area contributed by atoms with E-state index in [4.69, 9.17) is 10.5 Å². The van der Waals surface area contributed by atoms with Crippen molar-refractivity contribution in [1.82, 2.24) is 0 Å². The molecule has 0 aliphatic rings. The summed E-state index contributed by atoms with van der Waals surface area (Å²) in [6.45, 7) is 3.52. The quantitative estimate of drug-likeness (QED) is 0.787. The summed E-state index contributed by atoms with van der Waals surface area (Å²) in [7, 11) is 3.71. The number of anilines is 1. The number of nitrogens with two attached hydrogens (primary N) is 1. The molecule has 1 rings (SSSR count). The molecule has 1 aromatic carbocycles. The summed E-state index contributed by atoms with van der Waals surface area (Å²) >= 11 is 0. The molecule has 0 spiro atoms. The van der Waals surface area contributed by atoms with Crippen LogP contribution in [0.15, 0.2) is 18.2 Å². The van der Waals surface area contributed by atoms with Gasteiger partial charge in [-0.3, -0.25) is 0 Å². The molecular weight excluding hydrogens is 176 g/mol. The third kappa shape index (κ3) is 2.17. The van der Waals surface area contributed by atoms with Gasteiger partial charge in [-0.15, -0.1) is 0 Å². The molecule has 0 amide bonds. The Bertz CT molecular complexity index is 299. The van der Waals surface area contributed by atoms with Crippen molar-refractivity contribution in [2.75, 3.05) is 32.1 Å². The minimum Gasteiger partial charge on any atom is -0.494 e. The van der Waals surface area contributed by atoms with Gasteiger partial charge in [-0.25, -0.2) is 0 Å². The van der Waals surface area contributed by atoms with Crippen LogP contribution in [0.4, 0.5) is 5.69 Å². The fourth-order valence-electron chi connectivity index (χ4n) is 1.52. The molecule has 0 heterocycles. The molecule has 0 saturated heterocycles. The Balaban J connectivity index is 3.00. The van der Waals surface area contributed by atoms with Crippen LogP contribution in [0.2, 0.25) is 0 Å².